The molecule has 0 atom stereocenters. The number of fused-ring (bicyclic) bond motifs is 3. The summed E-state index contributed by atoms with van der Waals surface area (Å²) >= 11 is 0. The maximum atomic E-state index is 12.7. The predicted octanol–water partition coefficient (Wildman–Crippen LogP) is 3.01. The largest absolute Gasteiger partial charge is 0.484 e. The molecule has 0 saturated heterocycles. The number of carbonyl (C=O) groups excluding carboxylic acids is 2. The van der Waals surface area contributed by atoms with Crippen molar-refractivity contribution in [3.8, 4) is 0 Å². The number of allylic oxidation sites excluding steroid dienone is 2. The molecule has 0 aromatic heterocycles. The second kappa shape index (κ2) is 3.90. The van der Waals surface area contributed by atoms with E-state index in [1.165, 1.54) is 0 Å². The topological polar surface area (TPSA) is 43.4 Å². The van der Waals surface area contributed by atoms with Crippen molar-refractivity contribution in [3.05, 3.63) is 76.5 Å². The van der Waals surface area contributed by atoms with Gasteiger partial charge in [0.1, 0.15) is 6.61 Å². The fourth-order valence-electron chi connectivity index (χ4n) is 2.78. The highest BCUT2D eigenvalue weighted by molar-refractivity contribution is 6.40. The Balaban J connectivity index is 2.02. The molecule has 1 aliphatic heterocycles. The van der Waals surface area contributed by atoms with Crippen LogP contribution in [-0.4, -0.2) is 11.6 Å². The van der Waals surface area contributed by atoms with Crippen molar-refractivity contribution in [1.82, 2.24) is 0 Å². The Morgan fingerprint density at radius 2 is 1.35 bits per heavy atom. The lowest BCUT2D eigenvalue weighted by molar-refractivity contribution is 0.0870. The minimum absolute atomic E-state index is 0.137. The van der Waals surface area contributed by atoms with Gasteiger partial charge in [-0.3, -0.25) is 9.59 Å². The van der Waals surface area contributed by atoms with Gasteiger partial charge in [-0.15, -0.1) is 0 Å². The summed E-state index contributed by atoms with van der Waals surface area (Å²) in [6.45, 7) is 0.330. The highest BCUT2D eigenvalue weighted by Gasteiger charge is 2.37. The number of rotatable bonds is 0. The molecule has 0 fully saturated rings. The van der Waals surface area contributed by atoms with E-state index in [1.54, 1.807) is 24.3 Å². The Labute approximate surface area is 115 Å². The number of hydrogen-bond donors (Lipinski definition) is 0. The third kappa shape index (κ3) is 1.35. The maximum absolute atomic E-state index is 12.7. The molecule has 20 heavy (non-hydrogen) atoms. The minimum Gasteiger partial charge on any atom is -0.484 e. The summed E-state index contributed by atoms with van der Waals surface area (Å²) in [6, 6.07) is 14.4. The fourth-order valence-corrected chi connectivity index (χ4v) is 2.78. The van der Waals surface area contributed by atoms with Gasteiger partial charge in [0.25, 0.3) is 0 Å². The monoisotopic (exact) mass is 262 g/mol. The fraction of sp³-hybridized carbons (Fsp3) is 0.0588. The van der Waals surface area contributed by atoms with E-state index in [2.05, 4.69) is 0 Å². The summed E-state index contributed by atoms with van der Waals surface area (Å²) in [5, 5.41) is 0. The van der Waals surface area contributed by atoms with Crippen LogP contribution in [0.5, 0.6) is 0 Å². The van der Waals surface area contributed by atoms with Crippen LogP contribution in [0.15, 0.2) is 54.3 Å². The average molecular weight is 262 g/mol. The molecule has 0 spiro atoms. The molecule has 2 aliphatic rings. The molecule has 3 heteroatoms. The van der Waals surface area contributed by atoms with Crippen LogP contribution in [0, 0.1) is 0 Å². The van der Waals surface area contributed by atoms with E-state index < -0.39 is 0 Å². The summed E-state index contributed by atoms with van der Waals surface area (Å²) in [7, 11) is 0. The molecule has 2 aromatic rings. The first-order chi connectivity index (χ1) is 9.77. The lowest BCUT2D eigenvalue weighted by Crippen LogP contribution is -2.25. The lowest BCUT2D eigenvalue weighted by atomic mass is 9.82. The smallest absolute Gasteiger partial charge is 0.229 e. The van der Waals surface area contributed by atoms with E-state index in [9.17, 15) is 9.59 Å². The zero-order chi connectivity index (χ0) is 13.7. The van der Waals surface area contributed by atoms with Crippen molar-refractivity contribution < 1.29 is 14.3 Å². The molecule has 3 nitrogen and oxygen atoms in total. The number of carbonyl (C=O) groups is 2. The van der Waals surface area contributed by atoms with Crippen LogP contribution in [0.3, 0.4) is 0 Å². The average Bonchev–Trinajstić information content (AvgIpc) is 2.51. The normalized spacial score (nSPS) is 16.2. The first kappa shape index (κ1) is 11.2. The van der Waals surface area contributed by atoms with Crippen molar-refractivity contribution in [2.75, 3.05) is 0 Å². The molecule has 1 heterocycles. The van der Waals surface area contributed by atoms with Crippen molar-refractivity contribution in [2.45, 2.75) is 6.61 Å². The third-order valence-electron chi connectivity index (χ3n) is 3.74. The zero-order valence-corrected chi connectivity index (χ0v) is 10.6. The second-order valence-corrected chi connectivity index (χ2v) is 4.85. The maximum Gasteiger partial charge on any atom is 0.229 e. The van der Waals surface area contributed by atoms with E-state index in [4.69, 9.17) is 4.74 Å². The Hall–Kier alpha value is -2.68. The second-order valence-electron chi connectivity index (χ2n) is 4.85. The van der Waals surface area contributed by atoms with Gasteiger partial charge in [0.2, 0.25) is 5.78 Å². The van der Waals surface area contributed by atoms with Crippen LogP contribution >= 0.6 is 0 Å². The van der Waals surface area contributed by atoms with Crippen molar-refractivity contribution in [3.63, 3.8) is 0 Å². The van der Waals surface area contributed by atoms with Crippen molar-refractivity contribution >= 4 is 17.1 Å². The summed E-state index contributed by atoms with van der Waals surface area (Å²) < 4.78 is 5.56. The SMILES string of the molecule is O=C1C2=C(C(=O)c3ccccc31)c1ccccc1CO2. The molecule has 0 radical (unpaired) electrons. The van der Waals surface area contributed by atoms with E-state index in [0.29, 0.717) is 23.3 Å². The number of ether oxygens (including phenoxy) is 1. The van der Waals surface area contributed by atoms with E-state index in [0.717, 1.165) is 11.1 Å². The van der Waals surface area contributed by atoms with Gasteiger partial charge in [-0.1, -0.05) is 48.5 Å². The number of hydrogen-bond acceptors (Lipinski definition) is 3. The minimum atomic E-state index is -0.204. The number of ketones is 2. The van der Waals surface area contributed by atoms with Crippen molar-refractivity contribution in [2.24, 2.45) is 0 Å². The molecular formula is C17H10O3. The van der Waals surface area contributed by atoms with Gasteiger partial charge < -0.3 is 4.74 Å². The first-order valence-electron chi connectivity index (χ1n) is 6.41. The van der Waals surface area contributed by atoms with Gasteiger partial charge >= 0.3 is 0 Å². The van der Waals surface area contributed by atoms with Gasteiger partial charge in [0, 0.05) is 11.1 Å². The van der Waals surface area contributed by atoms with Gasteiger partial charge in [-0.25, -0.2) is 0 Å². The Bertz CT molecular complexity index is 799. The Morgan fingerprint density at radius 3 is 2.10 bits per heavy atom. The van der Waals surface area contributed by atoms with Gasteiger partial charge in [-0.05, 0) is 11.1 Å². The highest BCUT2D eigenvalue weighted by Crippen LogP contribution is 2.37. The first-order valence-corrected chi connectivity index (χ1v) is 6.41. The standard InChI is InChI=1S/C17H10O3/c18-15-12-7-3-4-8-13(12)16(19)17-14(15)11-6-2-1-5-10(11)9-20-17/h1-8H,9H2. The van der Waals surface area contributed by atoms with Crippen LogP contribution < -0.4 is 0 Å². The molecule has 4 rings (SSSR count). The van der Waals surface area contributed by atoms with E-state index >= 15 is 0 Å². The number of Topliss-reactive ketones (excluding diaryl/α,β-unsaturated/α-hetero) is 2. The lowest BCUT2D eigenvalue weighted by Gasteiger charge is -2.26. The van der Waals surface area contributed by atoms with Crippen molar-refractivity contribution in [1.29, 1.82) is 0 Å². The van der Waals surface area contributed by atoms with Gasteiger partial charge in [-0.2, -0.15) is 0 Å². The highest BCUT2D eigenvalue weighted by atomic mass is 16.5. The molecule has 96 valence electrons. The Morgan fingerprint density at radius 1 is 0.750 bits per heavy atom. The van der Waals surface area contributed by atoms with Crippen LogP contribution in [-0.2, 0) is 11.3 Å². The Kier molecular flexibility index (Phi) is 2.18. The molecule has 0 amide bonds. The molecular weight excluding hydrogens is 252 g/mol. The van der Waals surface area contributed by atoms with E-state index in [1.807, 2.05) is 24.3 Å². The molecule has 1 aliphatic carbocycles. The summed E-state index contributed by atoms with van der Waals surface area (Å²) in [4.78, 5) is 25.1. The molecule has 0 unspecified atom stereocenters. The van der Waals surface area contributed by atoms with Gasteiger partial charge in [0.15, 0.2) is 11.5 Å². The summed E-state index contributed by atoms with van der Waals surface area (Å²) in [5.41, 5.74) is 3.02. The van der Waals surface area contributed by atoms with Crippen LogP contribution in [0.2, 0.25) is 0 Å². The molecule has 0 saturated carbocycles. The quantitative estimate of drug-likeness (QED) is 0.733. The summed E-state index contributed by atoms with van der Waals surface area (Å²) in [5.74, 6) is -0.153. The van der Waals surface area contributed by atoms with Crippen LogP contribution in [0.25, 0.3) is 5.57 Å². The summed E-state index contributed by atoms with van der Waals surface area (Å²) in [6.07, 6.45) is 0. The number of benzene rings is 2. The molecule has 0 bridgehead atoms. The van der Waals surface area contributed by atoms with Crippen LogP contribution in [0.1, 0.15) is 31.8 Å². The van der Waals surface area contributed by atoms with Crippen LogP contribution in [0.4, 0.5) is 0 Å². The molecule has 2 aromatic carbocycles. The van der Waals surface area contributed by atoms with E-state index in [-0.39, 0.29) is 17.3 Å². The zero-order valence-electron chi connectivity index (χ0n) is 10.6. The van der Waals surface area contributed by atoms with Gasteiger partial charge in [0.05, 0.1) is 5.57 Å². The predicted molar refractivity (Wildman–Crippen MR) is 73.3 cm³/mol. The third-order valence-corrected chi connectivity index (χ3v) is 3.74. The molecule has 0 N–H and O–H groups in total.